The van der Waals surface area contributed by atoms with Crippen LogP contribution in [0.5, 0.6) is 0 Å². The van der Waals surface area contributed by atoms with E-state index < -0.39 is 23.8 Å². The fraction of sp³-hybridized carbons (Fsp3) is 0.250. The number of amides is 3. The molecule has 0 saturated carbocycles. The normalized spacial score (nSPS) is 14.5. The van der Waals surface area contributed by atoms with E-state index >= 15 is 0 Å². The standard InChI is InChI=1S/C20H18Cl2N2O3/c1-10(2)12-4-6-13(7-5-12)23-18(25)11(3)24-19(26)14-8-16(21)17(22)9-15(14)20(24)27/h4-11H,1-3H3,(H,23,25)/t11-/m0/s1. The van der Waals surface area contributed by atoms with Crippen LogP contribution in [0.25, 0.3) is 0 Å². The third kappa shape index (κ3) is 3.57. The van der Waals surface area contributed by atoms with Crippen LogP contribution in [0.15, 0.2) is 36.4 Å². The summed E-state index contributed by atoms with van der Waals surface area (Å²) in [6.07, 6.45) is 0. The minimum absolute atomic E-state index is 0.148. The lowest BCUT2D eigenvalue weighted by molar-refractivity contribution is -0.119. The Morgan fingerprint density at radius 3 is 1.85 bits per heavy atom. The van der Waals surface area contributed by atoms with E-state index in [0.717, 1.165) is 10.5 Å². The average molecular weight is 405 g/mol. The first-order chi connectivity index (χ1) is 12.7. The number of rotatable bonds is 4. The van der Waals surface area contributed by atoms with Gasteiger partial charge < -0.3 is 5.32 Å². The summed E-state index contributed by atoms with van der Waals surface area (Å²) >= 11 is 11.9. The van der Waals surface area contributed by atoms with E-state index in [9.17, 15) is 14.4 Å². The lowest BCUT2D eigenvalue weighted by Gasteiger charge is -2.21. The molecule has 2 aromatic carbocycles. The van der Waals surface area contributed by atoms with Crippen molar-refractivity contribution in [2.24, 2.45) is 0 Å². The zero-order valence-corrected chi connectivity index (χ0v) is 16.6. The van der Waals surface area contributed by atoms with Crippen LogP contribution in [0, 0.1) is 0 Å². The predicted molar refractivity (Wildman–Crippen MR) is 106 cm³/mol. The van der Waals surface area contributed by atoms with Crippen LogP contribution in [0.1, 0.15) is 53.0 Å². The number of hydrogen-bond acceptors (Lipinski definition) is 3. The molecule has 27 heavy (non-hydrogen) atoms. The first kappa shape index (κ1) is 19.4. The topological polar surface area (TPSA) is 66.5 Å². The Morgan fingerprint density at radius 2 is 1.41 bits per heavy atom. The molecule has 5 nitrogen and oxygen atoms in total. The molecule has 1 atom stereocenters. The summed E-state index contributed by atoms with van der Waals surface area (Å²) < 4.78 is 0. The fourth-order valence-corrected chi connectivity index (χ4v) is 3.25. The molecule has 7 heteroatoms. The van der Waals surface area contributed by atoms with E-state index in [4.69, 9.17) is 23.2 Å². The Kier molecular flexibility index (Phi) is 5.27. The molecule has 2 aromatic rings. The number of anilines is 1. The molecular formula is C20H18Cl2N2O3. The van der Waals surface area contributed by atoms with Gasteiger partial charge in [-0.2, -0.15) is 0 Å². The van der Waals surface area contributed by atoms with Crippen LogP contribution in [0.4, 0.5) is 5.69 Å². The quantitative estimate of drug-likeness (QED) is 0.748. The van der Waals surface area contributed by atoms with Crippen LogP contribution in [-0.2, 0) is 4.79 Å². The number of imide groups is 1. The van der Waals surface area contributed by atoms with Crippen molar-refractivity contribution in [1.82, 2.24) is 4.90 Å². The Balaban J connectivity index is 1.79. The summed E-state index contributed by atoms with van der Waals surface area (Å²) in [5.41, 5.74) is 2.04. The first-order valence-electron chi connectivity index (χ1n) is 8.48. The summed E-state index contributed by atoms with van der Waals surface area (Å²) in [5.74, 6) is -1.21. The van der Waals surface area contributed by atoms with Gasteiger partial charge in [0.2, 0.25) is 5.91 Å². The molecule has 3 rings (SSSR count). The van der Waals surface area contributed by atoms with E-state index in [0.29, 0.717) is 11.6 Å². The summed E-state index contributed by atoms with van der Waals surface area (Å²) in [7, 11) is 0. The zero-order chi connectivity index (χ0) is 19.9. The number of carbonyl (C=O) groups is 3. The molecular weight excluding hydrogens is 387 g/mol. The SMILES string of the molecule is CC(C)c1ccc(NC(=O)[C@H](C)N2C(=O)c3cc(Cl)c(Cl)cc3C2=O)cc1. The summed E-state index contributed by atoms with van der Waals surface area (Å²) in [6, 6.07) is 9.17. The molecule has 0 aliphatic carbocycles. The van der Waals surface area contributed by atoms with E-state index in [1.807, 2.05) is 12.1 Å². The third-order valence-corrected chi connectivity index (χ3v) is 5.29. The van der Waals surface area contributed by atoms with Gasteiger partial charge in [-0.05, 0) is 42.7 Å². The second-order valence-electron chi connectivity index (χ2n) is 6.73. The highest BCUT2D eigenvalue weighted by Gasteiger charge is 2.41. The molecule has 0 fully saturated rings. The van der Waals surface area contributed by atoms with Gasteiger partial charge in [-0.3, -0.25) is 19.3 Å². The zero-order valence-electron chi connectivity index (χ0n) is 15.0. The van der Waals surface area contributed by atoms with Crippen LogP contribution < -0.4 is 5.32 Å². The molecule has 0 bridgehead atoms. The van der Waals surface area contributed by atoms with E-state index in [1.54, 1.807) is 12.1 Å². The highest BCUT2D eigenvalue weighted by molar-refractivity contribution is 6.43. The number of fused-ring (bicyclic) bond motifs is 1. The van der Waals surface area contributed by atoms with Gasteiger partial charge in [0.1, 0.15) is 6.04 Å². The Labute approximate surface area is 167 Å². The van der Waals surface area contributed by atoms with Gasteiger partial charge in [-0.1, -0.05) is 49.2 Å². The van der Waals surface area contributed by atoms with Gasteiger partial charge in [0, 0.05) is 5.69 Å². The fourth-order valence-electron chi connectivity index (χ4n) is 2.92. The maximum Gasteiger partial charge on any atom is 0.262 e. The van der Waals surface area contributed by atoms with Crippen molar-refractivity contribution in [3.05, 3.63) is 63.1 Å². The second kappa shape index (κ2) is 7.33. The van der Waals surface area contributed by atoms with E-state index in [-0.39, 0.29) is 21.2 Å². The molecule has 1 aliphatic rings. The van der Waals surface area contributed by atoms with Gasteiger partial charge in [-0.15, -0.1) is 0 Å². The van der Waals surface area contributed by atoms with Gasteiger partial charge >= 0.3 is 0 Å². The van der Waals surface area contributed by atoms with Gasteiger partial charge in [0.05, 0.1) is 21.2 Å². The number of halogens is 2. The Hall–Kier alpha value is -2.37. The van der Waals surface area contributed by atoms with Crippen molar-refractivity contribution in [3.63, 3.8) is 0 Å². The largest absolute Gasteiger partial charge is 0.324 e. The van der Waals surface area contributed by atoms with Gasteiger partial charge in [-0.25, -0.2) is 0 Å². The molecule has 1 aliphatic heterocycles. The lowest BCUT2D eigenvalue weighted by atomic mass is 10.0. The summed E-state index contributed by atoms with van der Waals surface area (Å²) in [5, 5.41) is 3.10. The predicted octanol–water partition coefficient (Wildman–Crippen LogP) is 4.74. The first-order valence-corrected chi connectivity index (χ1v) is 9.24. The van der Waals surface area contributed by atoms with Crippen molar-refractivity contribution < 1.29 is 14.4 Å². The highest BCUT2D eigenvalue weighted by atomic mass is 35.5. The number of nitrogens with one attached hydrogen (secondary N) is 1. The van der Waals surface area contributed by atoms with Crippen molar-refractivity contribution in [2.45, 2.75) is 32.7 Å². The average Bonchev–Trinajstić information content (AvgIpc) is 2.85. The maximum atomic E-state index is 12.6. The van der Waals surface area contributed by atoms with Crippen molar-refractivity contribution in [1.29, 1.82) is 0 Å². The minimum Gasteiger partial charge on any atom is -0.324 e. The van der Waals surface area contributed by atoms with E-state index in [2.05, 4.69) is 19.2 Å². The van der Waals surface area contributed by atoms with E-state index in [1.165, 1.54) is 19.1 Å². The molecule has 1 N–H and O–H groups in total. The second-order valence-corrected chi connectivity index (χ2v) is 7.55. The van der Waals surface area contributed by atoms with Crippen molar-refractivity contribution in [3.8, 4) is 0 Å². The lowest BCUT2D eigenvalue weighted by Crippen LogP contribution is -2.45. The highest BCUT2D eigenvalue weighted by Crippen LogP contribution is 2.32. The maximum absolute atomic E-state index is 12.6. The Bertz CT molecular complexity index is 898. The summed E-state index contributed by atoms with van der Waals surface area (Å²) in [4.78, 5) is 38.7. The molecule has 0 spiro atoms. The number of carbonyl (C=O) groups excluding carboxylic acids is 3. The van der Waals surface area contributed by atoms with Crippen LogP contribution in [0.2, 0.25) is 10.0 Å². The molecule has 140 valence electrons. The van der Waals surface area contributed by atoms with Crippen LogP contribution in [-0.4, -0.2) is 28.7 Å². The van der Waals surface area contributed by atoms with Crippen molar-refractivity contribution in [2.75, 3.05) is 5.32 Å². The molecule has 1 heterocycles. The molecule has 0 radical (unpaired) electrons. The molecule has 0 unspecified atom stereocenters. The minimum atomic E-state index is -0.986. The number of hydrogen-bond donors (Lipinski definition) is 1. The van der Waals surface area contributed by atoms with Gasteiger partial charge in [0.15, 0.2) is 0 Å². The molecule has 3 amide bonds. The number of nitrogens with zero attached hydrogens (tertiary/aromatic N) is 1. The summed E-state index contributed by atoms with van der Waals surface area (Å²) in [6.45, 7) is 5.66. The molecule has 0 aromatic heterocycles. The van der Waals surface area contributed by atoms with Crippen LogP contribution in [0.3, 0.4) is 0 Å². The Morgan fingerprint density at radius 1 is 0.926 bits per heavy atom. The van der Waals surface area contributed by atoms with Gasteiger partial charge in [0.25, 0.3) is 11.8 Å². The monoisotopic (exact) mass is 404 g/mol. The number of benzene rings is 2. The van der Waals surface area contributed by atoms with Crippen LogP contribution >= 0.6 is 23.2 Å². The van der Waals surface area contributed by atoms with Crippen molar-refractivity contribution >= 4 is 46.6 Å². The third-order valence-electron chi connectivity index (χ3n) is 4.57. The smallest absolute Gasteiger partial charge is 0.262 e. The molecule has 0 saturated heterocycles.